The van der Waals surface area contributed by atoms with Crippen molar-refractivity contribution in [1.29, 1.82) is 0 Å². The van der Waals surface area contributed by atoms with Gasteiger partial charge >= 0.3 is 6.01 Å². The number of carbonyl (C=O) groups is 2. The summed E-state index contributed by atoms with van der Waals surface area (Å²) in [4.78, 5) is 26.7. The van der Waals surface area contributed by atoms with E-state index in [0.717, 1.165) is 5.56 Å². The molecule has 9 nitrogen and oxygen atoms in total. The number of hydrogen-bond acceptors (Lipinski definition) is 7. The molecule has 30 heavy (non-hydrogen) atoms. The maximum absolute atomic E-state index is 12.7. The van der Waals surface area contributed by atoms with Crippen molar-refractivity contribution >= 4 is 23.5 Å². The highest BCUT2D eigenvalue weighted by Crippen LogP contribution is 2.36. The Labute approximate surface area is 171 Å². The van der Waals surface area contributed by atoms with Crippen LogP contribution in [0.3, 0.4) is 0 Å². The van der Waals surface area contributed by atoms with Crippen LogP contribution in [0.15, 0.2) is 52.9 Å². The van der Waals surface area contributed by atoms with E-state index in [1.807, 2.05) is 30.3 Å². The van der Waals surface area contributed by atoms with Gasteiger partial charge in [-0.1, -0.05) is 23.3 Å². The van der Waals surface area contributed by atoms with Gasteiger partial charge in [-0.05, 0) is 24.3 Å². The highest BCUT2D eigenvalue weighted by Gasteiger charge is 2.36. The van der Waals surface area contributed by atoms with Gasteiger partial charge in [0.2, 0.25) is 17.7 Å². The predicted molar refractivity (Wildman–Crippen MR) is 106 cm³/mol. The molecule has 0 bridgehead atoms. The molecule has 3 aromatic rings. The van der Waals surface area contributed by atoms with Crippen molar-refractivity contribution in [2.75, 3.05) is 30.0 Å². The average molecular weight is 406 g/mol. The van der Waals surface area contributed by atoms with Crippen LogP contribution in [-0.4, -0.2) is 41.8 Å². The minimum absolute atomic E-state index is 0.00378. The van der Waals surface area contributed by atoms with E-state index < -0.39 is 5.92 Å². The van der Waals surface area contributed by atoms with Crippen LogP contribution in [0.25, 0.3) is 11.5 Å². The van der Waals surface area contributed by atoms with Crippen molar-refractivity contribution in [2.24, 2.45) is 5.92 Å². The molecule has 2 aliphatic heterocycles. The van der Waals surface area contributed by atoms with Crippen LogP contribution >= 0.6 is 0 Å². The minimum atomic E-state index is -0.530. The van der Waals surface area contributed by atoms with E-state index >= 15 is 0 Å². The molecule has 1 fully saturated rings. The summed E-state index contributed by atoms with van der Waals surface area (Å²) < 4.78 is 16.6. The van der Waals surface area contributed by atoms with Gasteiger partial charge in [-0.2, -0.15) is 0 Å². The summed E-state index contributed by atoms with van der Waals surface area (Å²) in [5, 5.41) is 10.4. The number of benzene rings is 2. The molecule has 0 radical (unpaired) electrons. The standard InChI is InChI=1S/C21H18N4O5/c26-18-10-14(12-25(18)15-6-7-16-17(11-15)29-9-8-28-16)19(27)22-21-24-23-20(30-21)13-4-2-1-3-5-13/h1-7,11,14H,8-10,12H2,(H,22,24,27)/t14-/m1/s1. The Bertz CT molecular complexity index is 1100. The third-order valence-corrected chi connectivity index (χ3v) is 5.01. The van der Waals surface area contributed by atoms with E-state index in [-0.39, 0.29) is 30.8 Å². The van der Waals surface area contributed by atoms with Crippen molar-refractivity contribution in [3.63, 3.8) is 0 Å². The second-order valence-corrected chi connectivity index (χ2v) is 7.00. The molecule has 3 heterocycles. The Hall–Kier alpha value is -3.88. The van der Waals surface area contributed by atoms with Gasteiger partial charge in [-0.15, -0.1) is 5.10 Å². The molecule has 152 valence electrons. The fraction of sp³-hybridized carbons (Fsp3) is 0.238. The second-order valence-electron chi connectivity index (χ2n) is 7.00. The van der Waals surface area contributed by atoms with E-state index in [1.165, 1.54) is 0 Å². The van der Waals surface area contributed by atoms with E-state index in [0.29, 0.717) is 36.3 Å². The normalized spacial score (nSPS) is 17.8. The Morgan fingerprint density at radius 1 is 1.03 bits per heavy atom. The minimum Gasteiger partial charge on any atom is -0.486 e. The van der Waals surface area contributed by atoms with E-state index in [4.69, 9.17) is 13.9 Å². The molecule has 0 unspecified atom stereocenters. The molecule has 0 spiro atoms. The van der Waals surface area contributed by atoms with E-state index in [9.17, 15) is 9.59 Å². The Morgan fingerprint density at radius 3 is 2.67 bits per heavy atom. The number of nitrogens with one attached hydrogen (secondary N) is 1. The maximum Gasteiger partial charge on any atom is 0.322 e. The molecule has 1 saturated heterocycles. The van der Waals surface area contributed by atoms with Crippen LogP contribution in [-0.2, 0) is 9.59 Å². The van der Waals surface area contributed by atoms with Crippen LogP contribution in [0, 0.1) is 5.92 Å². The first-order valence-corrected chi connectivity index (χ1v) is 9.57. The van der Waals surface area contributed by atoms with Crippen molar-refractivity contribution in [2.45, 2.75) is 6.42 Å². The van der Waals surface area contributed by atoms with E-state index in [2.05, 4.69) is 15.5 Å². The predicted octanol–water partition coefficient (Wildman–Crippen LogP) is 2.50. The first-order chi connectivity index (χ1) is 14.7. The molecular formula is C21H18N4O5. The SMILES string of the molecule is O=C(Nc1nnc(-c2ccccc2)o1)[C@@H]1CC(=O)N(c2ccc3c(c2)OCCO3)C1. The van der Waals surface area contributed by atoms with Gasteiger partial charge in [0.15, 0.2) is 11.5 Å². The number of fused-ring (bicyclic) bond motifs is 1. The molecule has 0 saturated carbocycles. The van der Waals surface area contributed by atoms with Crippen molar-refractivity contribution in [3.05, 3.63) is 48.5 Å². The quantitative estimate of drug-likeness (QED) is 0.709. The van der Waals surface area contributed by atoms with Crippen LogP contribution in [0.4, 0.5) is 11.7 Å². The lowest BCUT2D eigenvalue weighted by molar-refractivity contribution is -0.122. The number of amides is 2. The molecular weight excluding hydrogens is 388 g/mol. The summed E-state index contributed by atoms with van der Waals surface area (Å²) in [5.74, 6) is 0.549. The first kappa shape index (κ1) is 18.2. The fourth-order valence-corrected chi connectivity index (χ4v) is 3.51. The van der Waals surface area contributed by atoms with Gasteiger partial charge in [0, 0.05) is 30.3 Å². The smallest absolute Gasteiger partial charge is 0.322 e. The number of aromatic nitrogens is 2. The number of nitrogens with zero attached hydrogens (tertiary/aromatic N) is 3. The zero-order chi connectivity index (χ0) is 20.5. The Kier molecular flexibility index (Phi) is 4.55. The summed E-state index contributed by atoms with van der Waals surface area (Å²) in [6.45, 7) is 1.22. The number of hydrogen-bond donors (Lipinski definition) is 1. The van der Waals surface area contributed by atoms with E-state index in [1.54, 1.807) is 23.1 Å². The van der Waals surface area contributed by atoms with Crippen LogP contribution in [0.5, 0.6) is 11.5 Å². The lowest BCUT2D eigenvalue weighted by Crippen LogP contribution is -2.28. The van der Waals surface area contributed by atoms with Gasteiger partial charge in [0.05, 0.1) is 5.92 Å². The summed E-state index contributed by atoms with van der Waals surface area (Å²) >= 11 is 0. The lowest BCUT2D eigenvalue weighted by atomic mass is 10.1. The van der Waals surface area contributed by atoms with Gasteiger partial charge < -0.3 is 18.8 Å². The molecule has 1 aromatic heterocycles. The zero-order valence-electron chi connectivity index (χ0n) is 15.9. The molecule has 1 N–H and O–H groups in total. The van der Waals surface area contributed by atoms with Crippen LogP contribution in [0.2, 0.25) is 0 Å². The molecule has 2 amide bonds. The molecule has 5 rings (SSSR count). The third kappa shape index (κ3) is 3.45. The van der Waals surface area contributed by atoms with Crippen molar-refractivity contribution in [3.8, 4) is 23.0 Å². The molecule has 9 heteroatoms. The van der Waals surface area contributed by atoms with Crippen molar-refractivity contribution in [1.82, 2.24) is 10.2 Å². The van der Waals surface area contributed by atoms with Crippen molar-refractivity contribution < 1.29 is 23.5 Å². The number of carbonyl (C=O) groups excluding carboxylic acids is 2. The summed E-state index contributed by atoms with van der Waals surface area (Å²) in [5.41, 5.74) is 1.43. The largest absolute Gasteiger partial charge is 0.486 e. The van der Waals surface area contributed by atoms with Crippen LogP contribution in [0.1, 0.15) is 6.42 Å². The monoisotopic (exact) mass is 406 g/mol. The lowest BCUT2D eigenvalue weighted by Gasteiger charge is -2.22. The molecule has 1 atom stereocenters. The number of rotatable bonds is 4. The third-order valence-electron chi connectivity index (χ3n) is 5.01. The fourth-order valence-electron chi connectivity index (χ4n) is 3.51. The highest BCUT2D eigenvalue weighted by molar-refractivity contribution is 6.03. The Balaban J connectivity index is 1.26. The topological polar surface area (TPSA) is 107 Å². The Morgan fingerprint density at radius 2 is 1.83 bits per heavy atom. The zero-order valence-corrected chi connectivity index (χ0v) is 15.9. The number of ether oxygens (including phenoxy) is 2. The maximum atomic E-state index is 12.7. The number of anilines is 2. The first-order valence-electron chi connectivity index (χ1n) is 9.57. The van der Waals surface area contributed by atoms with Gasteiger partial charge in [-0.25, -0.2) is 0 Å². The van der Waals surface area contributed by atoms with Gasteiger partial charge in [0.1, 0.15) is 13.2 Å². The molecule has 2 aromatic carbocycles. The second kappa shape index (κ2) is 7.51. The average Bonchev–Trinajstić information content (AvgIpc) is 3.41. The summed E-state index contributed by atoms with van der Waals surface area (Å²) in [7, 11) is 0. The highest BCUT2D eigenvalue weighted by atomic mass is 16.6. The van der Waals surface area contributed by atoms with Crippen LogP contribution < -0.4 is 19.7 Å². The summed E-state index contributed by atoms with van der Waals surface area (Å²) in [6.07, 6.45) is 0.0972. The van der Waals surface area contributed by atoms with Gasteiger partial charge in [-0.3, -0.25) is 14.9 Å². The molecule has 2 aliphatic rings. The molecule has 0 aliphatic carbocycles. The summed E-state index contributed by atoms with van der Waals surface area (Å²) in [6, 6.07) is 14.6. The van der Waals surface area contributed by atoms with Gasteiger partial charge in [0.25, 0.3) is 0 Å².